The summed E-state index contributed by atoms with van der Waals surface area (Å²) in [4.78, 5) is 2.58. The van der Waals surface area contributed by atoms with Crippen molar-refractivity contribution in [3.63, 3.8) is 0 Å². The predicted octanol–water partition coefficient (Wildman–Crippen LogP) is 3.69. The molecular formula is C19H33NO. The van der Waals surface area contributed by atoms with Crippen LogP contribution in [0.1, 0.15) is 64.7 Å². The molecule has 0 radical (unpaired) electrons. The van der Waals surface area contributed by atoms with Crippen molar-refractivity contribution in [2.24, 2.45) is 29.1 Å². The molecule has 0 amide bonds. The molecule has 2 heteroatoms. The topological polar surface area (TPSA) is 23.5 Å². The van der Waals surface area contributed by atoms with Gasteiger partial charge in [0.2, 0.25) is 0 Å². The molecule has 0 saturated heterocycles. The maximum atomic E-state index is 11.1. The molecule has 0 heterocycles. The molecule has 4 bridgehead atoms. The van der Waals surface area contributed by atoms with Gasteiger partial charge in [0.25, 0.3) is 0 Å². The van der Waals surface area contributed by atoms with Crippen LogP contribution in [0.25, 0.3) is 0 Å². The standard InChI is InChI=1S/C19H33NO/c1-2-5-20(12-14-3-4-14)13-18(21)19-9-15-6-16(10-19)8-17(7-15)11-19/h14-18,21H,2-13H2,1H3. The highest BCUT2D eigenvalue weighted by Crippen LogP contribution is 2.61. The van der Waals surface area contributed by atoms with Crippen molar-refractivity contribution in [1.82, 2.24) is 4.90 Å². The van der Waals surface area contributed by atoms with Crippen LogP contribution in [-0.4, -0.2) is 35.7 Å². The minimum Gasteiger partial charge on any atom is -0.391 e. The van der Waals surface area contributed by atoms with E-state index in [1.54, 1.807) is 0 Å². The fourth-order valence-electron chi connectivity index (χ4n) is 6.26. The van der Waals surface area contributed by atoms with Crippen molar-refractivity contribution in [2.75, 3.05) is 19.6 Å². The molecule has 2 nitrogen and oxygen atoms in total. The quantitative estimate of drug-likeness (QED) is 0.773. The fourth-order valence-corrected chi connectivity index (χ4v) is 6.26. The second-order valence-electron chi connectivity index (χ2n) is 9.00. The van der Waals surface area contributed by atoms with E-state index in [0.717, 1.165) is 30.2 Å². The lowest BCUT2D eigenvalue weighted by molar-refractivity contribution is -0.126. The SMILES string of the molecule is CCCN(CC1CC1)CC(O)C12CC3CC(CC(C3)C1)C2. The van der Waals surface area contributed by atoms with Gasteiger partial charge < -0.3 is 10.0 Å². The lowest BCUT2D eigenvalue weighted by Crippen LogP contribution is -2.54. The van der Waals surface area contributed by atoms with E-state index >= 15 is 0 Å². The van der Waals surface area contributed by atoms with Crippen molar-refractivity contribution in [3.05, 3.63) is 0 Å². The van der Waals surface area contributed by atoms with Gasteiger partial charge >= 0.3 is 0 Å². The summed E-state index contributed by atoms with van der Waals surface area (Å²) in [6.45, 7) is 5.66. The van der Waals surface area contributed by atoms with Crippen LogP contribution in [0.15, 0.2) is 0 Å². The van der Waals surface area contributed by atoms with E-state index in [-0.39, 0.29) is 6.10 Å². The normalized spacial score (nSPS) is 42.7. The van der Waals surface area contributed by atoms with Gasteiger partial charge in [0.15, 0.2) is 0 Å². The van der Waals surface area contributed by atoms with E-state index < -0.39 is 0 Å². The smallest absolute Gasteiger partial charge is 0.0723 e. The van der Waals surface area contributed by atoms with Crippen LogP contribution in [0.4, 0.5) is 0 Å². The second-order valence-corrected chi connectivity index (χ2v) is 9.00. The molecule has 5 aliphatic carbocycles. The molecule has 5 aliphatic rings. The summed E-state index contributed by atoms with van der Waals surface area (Å²) in [5, 5.41) is 11.1. The summed E-state index contributed by atoms with van der Waals surface area (Å²) >= 11 is 0. The molecule has 120 valence electrons. The number of aliphatic hydroxyl groups is 1. The first kappa shape index (κ1) is 14.5. The van der Waals surface area contributed by atoms with Gasteiger partial charge in [-0.05, 0) is 93.4 Å². The Morgan fingerprint density at radius 2 is 1.62 bits per heavy atom. The summed E-state index contributed by atoms with van der Waals surface area (Å²) in [6, 6.07) is 0. The summed E-state index contributed by atoms with van der Waals surface area (Å²) in [5.41, 5.74) is 0.310. The first-order chi connectivity index (χ1) is 10.2. The van der Waals surface area contributed by atoms with E-state index in [0.29, 0.717) is 5.41 Å². The summed E-state index contributed by atoms with van der Waals surface area (Å²) in [7, 11) is 0. The van der Waals surface area contributed by atoms with Gasteiger partial charge in [-0.1, -0.05) is 6.92 Å². The van der Waals surface area contributed by atoms with Crippen molar-refractivity contribution in [3.8, 4) is 0 Å². The molecule has 5 saturated carbocycles. The Labute approximate surface area is 130 Å². The highest BCUT2D eigenvalue weighted by molar-refractivity contribution is 5.04. The van der Waals surface area contributed by atoms with Gasteiger partial charge in [-0.15, -0.1) is 0 Å². The summed E-state index contributed by atoms with van der Waals surface area (Å²) < 4.78 is 0. The average Bonchev–Trinajstić information content (AvgIpc) is 3.21. The molecule has 5 fully saturated rings. The number of nitrogens with zero attached hydrogens (tertiary/aromatic N) is 1. The number of aliphatic hydroxyl groups excluding tert-OH is 1. The van der Waals surface area contributed by atoms with Gasteiger partial charge in [-0.3, -0.25) is 0 Å². The van der Waals surface area contributed by atoms with Crippen molar-refractivity contribution >= 4 is 0 Å². The molecule has 0 aromatic heterocycles. The third-order valence-electron chi connectivity index (χ3n) is 6.98. The first-order valence-electron chi connectivity index (χ1n) is 9.57. The van der Waals surface area contributed by atoms with Crippen molar-refractivity contribution < 1.29 is 5.11 Å². The monoisotopic (exact) mass is 291 g/mol. The molecule has 1 N–H and O–H groups in total. The Morgan fingerprint density at radius 3 is 2.10 bits per heavy atom. The zero-order chi connectivity index (χ0) is 14.4. The van der Waals surface area contributed by atoms with E-state index in [1.165, 1.54) is 70.9 Å². The zero-order valence-electron chi connectivity index (χ0n) is 13.8. The molecule has 5 rings (SSSR count). The van der Waals surface area contributed by atoms with Crippen LogP contribution in [0.2, 0.25) is 0 Å². The maximum Gasteiger partial charge on any atom is 0.0723 e. The largest absolute Gasteiger partial charge is 0.391 e. The highest BCUT2D eigenvalue weighted by Gasteiger charge is 2.54. The first-order valence-corrected chi connectivity index (χ1v) is 9.57. The van der Waals surface area contributed by atoms with E-state index in [9.17, 15) is 5.11 Å². The third-order valence-corrected chi connectivity index (χ3v) is 6.98. The molecule has 1 unspecified atom stereocenters. The highest BCUT2D eigenvalue weighted by atomic mass is 16.3. The van der Waals surface area contributed by atoms with Gasteiger partial charge in [0.1, 0.15) is 0 Å². The van der Waals surface area contributed by atoms with E-state index in [1.807, 2.05) is 0 Å². The Kier molecular flexibility index (Phi) is 3.82. The van der Waals surface area contributed by atoms with Crippen molar-refractivity contribution in [2.45, 2.75) is 70.8 Å². The minimum absolute atomic E-state index is 0.0591. The number of hydrogen-bond acceptors (Lipinski definition) is 2. The second kappa shape index (κ2) is 5.53. The van der Waals surface area contributed by atoms with Crippen LogP contribution in [-0.2, 0) is 0 Å². The van der Waals surface area contributed by atoms with Gasteiger partial charge in [-0.2, -0.15) is 0 Å². The van der Waals surface area contributed by atoms with Crippen LogP contribution in [0, 0.1) is 29.1 Å². The van der Waals surface area contributed by atoms with Crippen LogP contribution >= 0.6 is 0 Å². The Balaban J connectivity index is 1.42. The van der Waals surface area contributed by atoms with Crippen molar-refractivity contribution in [1.29, 1.82) is 0 Å². The lowest BCUT2D eigenvalue weighted by atomic mass is 9.48. The molecular weight excluding hydrogens is 258 g/mol. The van der Waals surface area contributed by atoms with Crippen LogP contribution in [0.3, 0.4) is 0 Å². The van der Waals surface area contributed by atoms with Crippen LogP contribution in [0.5, 0.6) is 0 Å². The average molecular weight is 291 g/mol. The van der Waals surface area contributed by atoms with Gasteiger partial charge in [0.05, 0.1) is 6.10 Å². The number of rotatable bonds is 7. The van der Waals surface area contributed by atoms with Gasteiger partial charge in [0, 0.05) is 13.1 Å². The van der Waals surface area contributed by atoms with Crippen LogP contribution < -0.4 is 0 Å². The predicted molar refractivity (Wildman–Crippen MR) is 86.1 cm³/mol. The Hall–Kier alpha value is -0.0800. The van der Waals surface area contributed by atoms with Gasteiger partial charge in [-0.25, -0.2) is 0 Å². The lowest BCUT2D eigenvalue weighted by Gasteiger charge is -2.58. The van der Waals surface area contributed by atoms with E-state index in [2.05, 4.69) is 11.8 Å². The molecule has 0 spiro atoms. The summed E-state index contributed by atoms with van der Waals surface area (Å²) in [5.74, 6) is 3.80. The Bertz CT molecular complexity index is 340. The molecule has 0 aromatic carbocycles. The third kappa shape index (κ3) is 2.91. The molecule has 21 heavy (non-hydrogen) atoms. The molecule has 0 aliphatic heterocycles. The molecule has 0 aromatic rings. The van der Waals surface area contributed by atoms with E-state index in [4.69, 9.17) is 0 Å². The maximum absolute atomic E-state index is 11.1. The minimum atomic E-state index is -0.0591. The number of hydrogen-bond donors (Lipinski definition) is 1. The fraction of sp³-hybridized carbons (Fsp3) is 1.00. The summed E-state index contributed by atoms with van der Waals surface area (Å²) in [6.07, 6.45) is 12.5. The molecule has 1 atom stereocenters. The zero-order valence-corrected chi connectivity index (χ0v) is 13.8. The Morgan fingerprint density at radius 1 is 1.05 bits per heavy atom.